The molecule has 2 aromatic carbocycles. The topological polar surface area (TPSA) is 76.0 Å². The number of halogens is 12. The van der Waals surface area contributed by atoms with Crippen molar-refractivity contribution in [3.63, 3.8) is 0 Å². The molecule has 0 aliphatic carbocycles. The Morgan fingerprint density at radius 3 is 1.08 bits per heavy atom. The van der Waals surface area contributed by atoms with Crippen LogP contribution in [0.25, 0.3) is 8.63 Å². The molecule has 0 aromatic heterocycles. The van der Waals surface area contributed by atoms with Gasteiger partial charge in [0.2, 0.25) is 0 Å². The van der Waals surface area contributed by atoms with Crippen molar-refractivity contribution in [2.24, 2.45) is 5.41 Å². The first-order valence-electron chi connectivity index (χ1n) is 13.2. The molecule has 0 aliphatic heterocycles. The van der Waals surface area contributed by atoms with Crippen molar-refractivity contribution in [3.8, 4) is 0 Å². The van der Waals surface area contributed by atoms with Crippen LogP contribution in [0.15, 0.2) is 36.4 Å². The van der Waals surface area contributed by atoms with Gasteiger partial charge in [0, 0.05) is 0 Å². The third-order valence-electron chi connectivity index (χ3n) is 5.67. The van der Waals surface area contributed by atoms with E-state index in [-0.39, 0.29) is 34.2 Å². The van der Waals surface area contributed by atoms with Crippen LogP contribution in [0.4, 0.5) is 64.1 Å². The van der Waals surface area contributed by atoms with Crippen molar-refractivity contribution < 1.29 is 87.1 Å². The third-order valence-corrected chi connectivity index (χ3v) is 7.63. The molecule has 0 heterocycles. The van der Waals surface area contributed by atoms with Crippen molar-refractivity contribution in [1.82, 2.24) is 0 Å². The molecule has 0 radical (unpaired) electrons. The molecule has 5 nitrogen and oxygen atoms in total. The van der Waals surface area contributed by atoms with Crippen LogP contribution in [-0.4, -0.2) is 46.4 Å². The van der Waals surface area contributed by atoms with Crippen molar-refractivity contribution in [2.75, 3.05) is 0 Å². The molecule has 0 saturated heterocycles. The van der Waals surface area contributed by atoms with Gasteiger partial charge in [0.1, 0.15) is 0 Å². The summed E-state index contributed by atoms with van der Waals surface area (Å²) in [5.41, 5.74) is -18.5. The summed E-state index contributed by atoms with van der Waals surface area (Å²) in [5.74, 6) is 1.61. The molecule has 0 atom stereocenters. The predicted molar refractivity (Wildman–Crippen MR) is 149 cm³/mol. The van der Waals surface area contributed by atoms with Crippen LogP contribution in [0.3, 0.4) is 0 Å². The Morgan fingerprint density at radius 2 is 0.917 bits per heavy atom. The van der Waals surface area contributed by atoms with Gasteiger partial charge in [0.15, 0.2) is 0 Å². The largest absolute Gasteiger partial charge is 0.657 e. The van der Waals surface area contributed by atoms with E-state index in [4.69, 9.17) is 0 Å². The second-order valence-corrected chi connectivity index (χ2v) is 13.0. The fourth-order valence-electron chi connectivity index (χ4n) is 3.29. The van der Waals surface area contributed by atoms with E-state index in [1.54, 1.807) is 5.94 Å². The van der Waals surface area contributed by atoms with Gasteiger partial charge in [-0.25, -0.2) is 0 Å². The minimum atomic E-state index is -6.42. The zero-order valence-corrected chi connectivity index (χ0v) is 29.5. The van der Waals surface area contributed by atoms with Gasteiger partial charge in [-0.15, -0.1) is 11.4 Å². The van der Waals surface area contributed by atoms with Crippen LogP contribution >= 0.6 is 0 Å². The van der Waals surface area contributed by atoms with E-state index < -0.39 is 58.4 Å². The first-order valence-corrected chi connectivity index (χ1v) is 14.6. The Morgan fingerprint density at radius 1 is 0.646 bits per heavy atom. The third kappa shape index (κ3) is 11.4. The zero-order valence-electron chi connectivity index (χ0n) is 26.6. The number of aliphatic hydroxyl groups is 2. The van der Waals surface area contributed by atoms with Crippen molar-refractivity contribution in [2.45, 2.75) is 96.8 Å². The monoisotopic (exact) mass is 880 g/mol. The molecule has 0 fully saturated rings. The predicted octanol–water partition coefficient (Wildman–Crippen LogP) is 10.1. The molecule has 0 spiro atoms. The second-order valence-electron chi connectivity index (χ2n) is 12.3. The molecule has 0 unspecified atom stereocenters. The quantitative estimate of drug-likeness (QED) is 0.183. The van der Waals surface area contributed by atoms with Gasteiger partial charge in [-0.1, -0.05) is 74.2 Å². The van der Waals surface area contributed by atoms with Crippen molar-refractivity contribution >= 4 is 17.3 Å². The number of hydrogen-bond acceptors (Lipinski definition) is 3. The standard InChI is InChI=1S/C20H14F12NO2.C6H9O.C4H9N.W/c1-9-3-5-13(11(7-9)15(34,17(21,22)23)18(24,25)26)33-14-6-4-10(2)8-12(14)16(35,19(27,28)29)20(30,31)32;1-6(2,3)4-5-7;1-4(2,3)5;/h3-8,34-35H,1-2H3;1-3H3;1-3H3;/q2*-1;+1;. The Kier molecular flexibility index (Phi) is 14.5. The molecule has 2 N–H and O–H groups in total. The molecule has 48 heavy (non-hydrogen) atoms. The molecular formula is C30H32F12N2O3W-. The summed E-state index contributed by atoms with van der Waals surface area (Å²) >= 11 is 1.32. The molecule has 0 aliphatic rings. The van der Waals surface area contributed by atoms with Gasteiger partial charge in [0.25, 0.3) is 11.2 Å². The van der Waals surface area contributed by atoms with Crippen LogP contribution in [0.5, 0.6) is 0 Å². The maximum absolute atomic E-state index is 13.4. The van der Waals surface area contributed by atoms with Gasteiger partial charge in [-0.2, -0.15) is 58.1 Å². The smallest absolute Gasteiger partial charge is 0.430 e. The van der Waals surface area contributed by atoms with Gasteiger partial charge < -0.3 is 21.6 Å². The number of rotatable bonds is 4. The summed E-state index contributed by atoms with van der Waals surface area (Å²) in [6.07, 6.45) is -23.2. The van der Waals surface area contributed by atoms with E-state index in [1.807, 2.05) is 20.8 Å². The SMILES string of the molecule is CC(C)(C)[C-]=C=O.CC(C)(C)[N+]#[W].Cc1ccc([N-]c2ccc(C)cc2C(O)(C(F)(F)F)C(F)(F)F)c(C(O)(C(F)(F)F)C(F)(F)F)c1. The number of benzene rings is 2. The van der Waals surface area contributed by atoms with E-state index >= 15 is 0 Å². The van der Waals surface area contributed by atoms with Gasteiger partial charge in [-0.05, 0) is 25.0 Å². The van der Waals surface area contributed by atoms with E-state index in [9.17, 15) is 67.7 Å². The summed E-state index contributed by atoms with van der Waals surface area (Å²) in [6, 6.07) is 2.99. The van der Waals surface area contributed by atoms with Crippen LogP contribution in [0.2, 0.25) is 0 Å². The Balaban J connectivity index is 0.00000143. The number of nitrogens with zero attached hydrogens (tertiary/aromatic N) is 2. The van der Waals surface area contributed by atoms with Crippen LogP contribution in [0.1, 0.15) is 63.8 Å². The van der Waals surface area contributed by atoms with E-state index in [1.165, 1.54) is 19.4 Å². The minimum absolute atomic E-state index is 0.123. The molecule has 2 rings (SSSR count). The van der Waals surface area contributed by atoms with Gasteiger partial charge >= 0.3 is 73.8 Å². The molecule has 2 aromatic rings. The fraction of sp³-hybridized carbons (Fsp3) is 0.533. The maximum atomic E-state index is 13.4. The second kappa shape index (κ2) is 15.4. The van der Waals surface area contributed by atoms with Gasteiger partial charge in [0.05, 0.1) is 0 Å². The van der Waals surface area contributed by atoms with Crippen LogP contribution in [-0.2, 0) is 35.4 Å². The van der Waals surface area contributed by atoms with Crippen LogP contribution < -0.4 is 0 Å². The Bertz CT molecular complexity index is 1370. The maximum Gasteiger partial charge on any atom is 0.430 e. The number of carbonyl (C=O) groups excluding carboxylic acids is 1. The van der Waals surface area contributed by atoms with E-state index in [0.717, 1.165) is 26.0 Å². The summed E-state index contributed by atoms with van der Waals surface area (Å²) < 4.78 is 165. The number of alkyl halides is 12. The van der Waals surface area contributed by atoms with Gasteiger partial charge in [-0.3, -0.25) is 4.79 Å². The average Bonchev–Trinajstić information content (AvgIpc) is 2.86. The molecular weight excluding hydrogens is 848 g/mol. The molecule has 0 amide bonds. The summed E-state index contributed by atoms with van der Waals surface area (Å²) in [6.45, 7) is 14.0. The van der Waals surface area contributed by atoms with Crippen LogP contribution in [0, 0.1) is 25.3 Å². The molecule has 0 saturated carbocycles. The molecule has 0 bridgehead atoms. The van der Waals surface area contributed by atoms with E-state index in [0.29, 0.717) is 12.1 Å². The van der Waals surface area contributed by atoms with Crippen molar-refractivity contribution in [1.29, 1.82) is 0 Å². The number of aryl methyl sites for hydroxylation is 2. The first kappa shape index (κ1) is 45.2. The number of allylic oxidation sites excluding steroid dienone is 1. The van der Waals surface area contributed by atoms with Crippen molar-refractivity contribution in [3.05, 3.63) is 73.4 Å². The minimum Gasteiger partial charge on any atom is -0.657 e. The summed E-state index contributed by atoms with van der Waals surface area (Å²) in [5, 5.41) is 22.7. The molecule has 271 valence electrons. The normalized spacial score (nSPS) is 13.2. The summed E-state index contributed by atoms with van der Waals surface area (Å²) in [4.78, 5) is 9.58. The number of hydrogen-bond donors (Lipinski definition) is 2. The average molecular weight is 880 g/mol. The Hall–Kier alpha value is -2.83. The van der Waals surface area contributed by atoms with E-state index in [2.05, 4.69) is 35.5 Å². The fourth-order valence-corrected chi connectivity index (χ4v) is 3.29. The first-order chi connectivity index (χ1) is 21.1. The molecule has 18 heteroatoms. The Labute approximate surface area is 279 Å². The summed E-state index contributed by atoms with van der Waals surface area (Å²) in [7, 11) is 0. The zero-order chi connectivity index (χ0) is 38.5.